The molecule has 0 saturated heterocycles. The number of hydrogen-bond donors (Lipinski definition) is 2. The Labute approximate surface area is 54.1 Å². The van der Waals surface area contributed by atoms with Gasteiger partial charge in [-0.3, -0.25) is 0 Å². The number of hydrogen-bond acceptors (Lipinski definition) is 3. The molecule has 0 aromatic rings. The molecule has 0 amide bonds. The van der Waals surface area contributed by atoms with Crippen LogP contribution < -0.4 is 5.73 Å². The second-order valence-electron chi connectivity index (χ2n) is 2.24. The van der Waals surface area contributed by atoms with Crippen LogP contribution in [-0.2, 0) is 4.74 Å². The van der Waals surface area contributed by atoms with Crippen molar-refractivity contribution < 1.29 is 9.84 Å². The maximum atomic E-state index is 9.14. The van der Waals surface area contributed by atoms with Crippen LogP contribution in [0.2, 0.25) is 0 Å². The van der Waals surface area contributed by atoms with Gasteiger partial charge in [0.2, 0.25) is 0 Å². The summed E-state index contributed by atoms with van der Waals surface area (Å²) in [6.07, 6.45) is 2.44. The summed E-state index contributed by atoms with van der Waals surface area (Å²) in [5, 5.41) is 9.14. The number of nitrogens with two attached hydrogens (primary N) is 1. The Bertz CT molecular complexity index is 124. The third-order valence-corrected chi connectivity index (χ3v) is 1.47. The molecule has 0 spiro atoms. The lowest BCUT2D eigenvalue weighted by atomic mass is 10.1. The molecule has 1 heterocycles. The first-order chi connectivity index (χ1) is 4.22. The first kappa shape index (κ1) is 6.58. The summed E-state index contributed by atoms with van der Waals surface area (Å²) in [4.78, 5) is 0. The standard InChI is InChI=1S/C6H11NO2/c1-4-6(8)5(7)2-3-9-4/h2-6,8H,7H2,1H3/t4-,5-,6-/m0/s1. The molecule has 1 rings (SSSR count). The molecule has 0 radical (unpaired) electrons. The van der Waals surface area contributed by atoms with Crippen LogP contribution in [0.4, 0.5) is 0 Å². The summed E-state index contributed by atoms with van der Waals surface area (Å²) in [5.74, 6) is 0. The predicted molar refractivity (Wildman–Crippen MR) is 33.7 cm³/mol. The minimum atomic E-state index is -0.560. The largest absolute Gasteiger partial charge is 0.496 e. The van der Waals surface area contributed by atoms with Crippen LogP contribution in [0.15, 0.2) is 12.3 Å². The Hall–Kier alpha value is -0.540. The van der Waals surface area contributed by atoms with Crippen LogP contribution in [0.25, 0.3) is 0 Å². The highest BCUT2D eigenvalue weighted by Crippen LogP contribution is 2.08. The van der Waals surface area contributed by atoms with Crippen molar-refractivity contribution in [3.8, 4) is 0 Å². The van der Waals surface area contributed by atoms with Gasteiger partial charge in [-0.25, -0.2) is 0 Å². The molecule has 0 aromatic carbocycles. The maximum absolute atomic E-state index is 9.14. The van der Waals surface area contributed by atoms with E-state index in [9.17, 15) is 0 Å². The monoisotopic (exact) mass is 129 g/mol. The predicted octanol–water partition coefficient (Wildman–Crippen LogP) is -0.393. The van der Waals surface area contributed by atoms with E-state index in [1.54, 1.807) is 13.0 Å². The molecule has 3 nitrogen and oxygen atoms in total. The summed E-state index contributed by atoms with van der Waals surface area (Å²) >= 11 is 0. The van der Waals surface area contributed by atoms with Crippen LogP contribution in [0, 0.1) is 0 Å². The Kier molecular flexibility index (Phi) is 1.73. The maximum Gasteiger partial charge on any atom is 0.123 e. The van der Waals surface area contributed by atoms with Gasteiger partial charge in [0, 0.05) is 0 Å². The lowest BCUT2D eigenvalue weighted by Crippen LogP contribution is -2.43. The van der Waals surface area contributed by atoms with Gasteiger partial charge in [-0.05, 0) is 13.0 Å². The van der Waals surface area contributed by atoms with E-state index < -0.39 is 6.10 Å². The van der Waals surface area contributed by atoms with Gasteiger partial charge in [0.15, 0.2) is 0 Å². The van der Waals surface area contributed by atoms with E-state index in [1.807, 2.05) is 0 Å². The van der Waals surface area contributed by atoms with E-state index in [4.69, 9.17) is 15.6 Å². The highest BCUT2D eigenvalue weighted by atomic mass is 16.5. The van der Waals surface area contributed by atoms with E-state index in [0.717, 1.165) is 0 Å². The fourth-order valence-electron chi connectivity index (χ4n) is 0.767. The summed E-state index contributed by atoms with van der Waals surface area (Å²) < 4.78 is 4.95. The molecule has 1 aliphatic heterocycles. The van der Waals surface area contributed by atoms with Crippen molar-refractivity contribution in [2.24, 2.45) is 5.73 Å². The normalized spacial score (nSPS) is 42.3. The van der Waals surface area contributed by atoms with Crippen LogP contribution in [0.1, 0.15) is 6.92 Å². The molecule has 9 heavy (non-hydrogen) atoms. The van der Waals surface area contributed by atoms with Crippen LogP contribution >= 0.6 is 0 Å². The molecule has 3 atom stereocenters. The van der Waals surface area contributed by atoms with E-state index in [0.29, 0.717) is 0 Å². The topological polar surface area (TPSA) is 55.5 Å². The van der Waals surface area contributed by atoms with Gasteiger partial charge in [-0.1, -0.05) is 0 Å². The Balaban J connectivity index is 2.58. The zero-order valence-corrected chi connectivity index (χ0v) is 5.32. The van der Waals surface area contributed by atoms with Crippen molar-refractivity contribution in [2.75, 3.05) is 0 Å². The quantitative estimate of drug-likeness (QED) is 0.468. The van der Waals surface area contributed by atoms with Crippen molar-refractivity contribution in [3.63, 3.8) is 0 Å². The molecular formula is C6H11NO2. The van der Waals surface area contributed by atoms with E-state index in [2.05, 4.69) is 0 Å². The lowest BCUT2D eigenvalue weighted by Gasteiger charge is -2.25. The van der Waals surface area contributed by atoms with E-state index in [-0.39, 0.29) is 12.1 Å². The number of ether oxygens (including phenoxy) is 1. The number of aliphatic hydroxyl groups is 1. The molecule has 0 fully saturated rings. The molecule has 0 saturated carbocycles. The average Bonchev–Trinajstić information content (AvgIpc) is 1.83. The van der Waals surface area contributed by atoms with Gasteiger partial charge in [0.25, 0.3) is 0 Å². The zero-order valence-electron chi connectivity index (χ0n) is 5.32. The van der Waals surface area contributed by atoms with Gasteiger partial charge in [0.1, 0.15) is 12.2 Å². The van der Waals surface area contributed by atoms with Gasteiger partial charge in [-0.15, -0.1) is 0 Å². The second kappa shape index (κ2) is 2.37. The Morgan fingerprint density at radius 3 is 2.78 bits per heavy atom. The Morgan fingerprint density at radius 2 is 2.33 bits per heavy atom. The highest BCUT2D eigenvalue weighted by Gasteiger charge is 2.23. The summed E-state index contributed by atoms with van der Waals surface area (Å²) in [6.45, 7) is 1.79. The average molecular weight is 129 g/mol. The van der Waals surface area contributed by atoms with Crippen LogP contribution in [0.3, 0.4) is 0 Å². The summed E-state index contributed by atoms with van der Waals surface area (Å²) in [6, 6.07) is -0.270. The van der Waals surface area contributed by atoms with Crippen molar-refractivity contribution in [2.45, 2.75) is 25.2 Å². The zero-order chi connectivity index (χ0) is 6.85. The fraction of sp³-hybridized carbons (Fsp3) is 0.667. The molecule has 3 N–H and O–H groups in total. The third kappa shape index (κ3) is 1.23. The molecule has 3 heteroatoms. The van der Waals surface area contributed by atoms with E-state index in [1.165, 1.54) is 6.26 Å². The van der Waals surface area contributed by atoms with Gasteiger partial charge in [0.05, 0.1) is 12.3 Å². The fourth-order valence-corrected chi connectivity index (χ4v) is 0.767. The molecule has 1 aliphatic rings. The van der Waals surface area contributed by atoms with Gasteiger partial charge >= 0.3 is 0 Å². The second-order valence-corrected chi connectivity index (χ2v) is 2.24. The first-order valence-corrected chi connectivity index (χ1v) is 2.97. The number of rotatable bonds is 0. The van der Waals surface area contributed by atoms with E-state index >= 15 is 0 Å². The summed E-state index contributed by atoms with van der Waals surface area (Å²) in [5.41, 5.74) is 5.45. The molecule has 52 valence electrons. The molecule has 0 aliphatic carbocycles. The van der Waals surface area contributed by atoms with Crippen molar-refractivity contribution in [1.29, 1.82) is 0 Å². The molecular weight excluding hydrogens is 118 g/mol. The highest BCUT2D eigenvalue weighted by molar-refractivity contribution is 4.98. The van der Waals surface area contributed by atoms with Crippen LogP contribution in [-0.4, -0.2) is 23.4 Å². The molecule has 0 bridgehead atoms. The smallest absolute Gasteiger partial charge is 0.123 e. The van der Waals surface area contributed by atoms with Gasteiger partial charge < -0.3 is 15.6 Å². The van der Waals surface area contributed by atoms with Crippen molar-refractivity contribution in [3.05, 3.63) is 12.3 Å². The summed E-state index contributed by atoms with van der Waals surface area (Å²) in [7, 11) is 0. The van der Waals surface area contributed by atoms with Crippen molar-refractivity contribution >= 4 is 0 Å². The third-order valence-electron chi connectivity index (χ3n) is 1.47. The molecule has 0 aromatic heterocycles. The van der Waals surface area contributed by atoms with Gasteiger partial charge in [-0.2, -0.15) is 0 Å². The SMILES string of the molecule is C[C@@H]1OC=C[C@H](N)[C@H]1O. The molecule has 0 unspecified atom stereocenters. The number of aliphatic hydroxyl groups excluding tert-OH is 1. The van der Waals surface area contributed by atoms with Crippen LogP contribution in [0.5, 0.6) is 0 Å². The lowest BCUT2D eigenvalue weighted by molar-refractivity contribution is 0.000367. The Morgan fingerprint density at radius 1 is 1.67 bits per heavy atom. The minimum absolute atomic E-state index is 0.176. The van der Waals surface area contributed by atoms with Crippen molar-refractivity contribution in [1.82, 2.24) is 0 Å². The minimum Gasteiger partial charge on any atom is -0.496 e. The first-order valence-electron chi connectivity index (χ1n) is 2.97.